The highest BCUT2D eigenvalue weighted by molar-refractivity contribution is 8.13. The monoisotopic (exact) mass is 238 g/mol. The van der Waals surface area contributed by atoms with Crippen LogP contribution < -0.4 is 5.32 Å². The quantitative estimate of drug-likeness (QED) is 0.325. The van der Waals surface area contributed by atoms with Gasteiger partial charge in [-0.15, -0.1) is 0 Å². The molecule has 5 heteroatoms. The van der Waals surface area contributed by atoms with Crippen LogP contribution in [0.1, 0.15) is 25.7 Å². The number of hydrogen-bond acceptors (Lipinski definition) is 4. The van der Waals surface area contributed by atoms with E-state index in [1.165, 1.54) is 44.1 Å². The van der Waals surface area contributed by atoms with Crippen LogP contribution in [-0.2, 0) is 0 Å². The van der Waals surface area contributed by atoms with Gasteiger partial charge in [0.15, 0.2) is 11.4 Å². The number of nitrogens with one attached hydrogen (secondary N) is 1. The molecule has 16 heavy (non-hydrogen) atoms. The van der Waals surface area contributed by atoms with Crippen molar-refractivity contribution in [3.05, 3.63) is 0 Å². The van der Waals surface area contributed by atoms with E-state index in [1.54, 1.807) is 0 Å². The second kappa shape index (κ2) is 5.55. The summed E-state index contributed by atoms with van der Waals surface area (Å²) in [5.74, 6) is 0. The maximum atomic E-state index is 8.61. The summed E-state index contributed by atoms with van der Waals surface area (Å²) >= 11 is 1.52. The van der Waals surface area contributed by atoms with Crippen molar-refractivity contribution in [3.63, 3.8) is 0 Å². The minimum absolute atomic E-state index is 0.392. The Morgan fingerprint density at radius 1 is 1.44 bits per heavy atom. The fraction of sp³-hybridized carbons (Fsp3) is 0.818. The molecule has 0 amide bonds. The molecule has 2 unspecified atom stereocenters. The van der Waals surface area contributed by atoms with Crippen LogP contribution in [0.2, 0.25) is 0 Å². The summed E-state index contributed by atoms with van der Waals surface area (Å²) in [6, 6.07) is 1.01. The topological polar surface area (TPSA) is 51.4 Å². The van der Waals surface area contributed by atoms with Crippen molar-refractivity contribution in [2.75, 3.05) is 19.3 Å². The molecule has 2 aliphatic rings. The fourth-order valence-electron chi connectivity index (χ4n) is 2.71. The van der Waals surface area contributed by atoms with E-state index in [9.17, 15) is 0 Å². The molecule has 2 fully saturated rings. The second-order valence-corrected chi connectivity index (χ2v) is 5.13. The van der Waals surface area contributed by atoms with Crippen LogP contribution in [0.3, 0.4) is 0 Å². The predicted molar refractivity (Wildman–Crippen MR) is 67.3 cm³/mol. The average Bonchev–Trinajstić information content (AvgIpc) is 2.72. The number of hydrogen-bond donors (Lipinski definition) is 1. The SMILES string of the molecule is CSC(=NC1CCN2CCCCC12)NC#N. The molecule has 0 aromatic heterocycles. The van der Waals surface area contributed by atoms with Crippen molar-refractivity contribution in [2.24, 2.45) is 4.99 Å². The summed E-state index contributed by atoms with van der Waals surface area (Å²) in [7, 11) is 0. The molecular formula is C11H18N4S. The minimum atomic E-state index is 0.392. The van der Waals surface area contributed by atoms with Gasteiger partial charge in [0, 0.05) is 12.6 Å². The lowest BCUT2D eigenvalue weighted by Crippen LogP contribution is -2.38. The van der Waals surface area contributed by atoms with E-state index < -0.39 is 0 Å². The molecule has 2 rings (SSSR count). The van der Waals surface area contributed by atoms with Gasteiger partial charge in [-0.25, -0.2) is 0 Å². The Bertz CT molecular complexity index is 310. The zero-order chi connectivity index (χ0) is 11.4. The van der Waals surface area contributed by atoms with Gasteiger partial charge in [-0.1, -0.05) is 18.2 Å². The molecule has 0 radical (unpaired) electrons. The molecule has 2 heterocycles. The zero-order valence-electron chi connectivity index (χ0n) is 9.65. The average molecular weight is 238 g/mol. The number of amidine groups is 1. The third-order valence-corrected chi connectivity index (χ3v) is 4.05. The van der Waals surface area contributed by atoms with Crippen LogP contribution in [0.5, 0.6) is 0 Å². The minimum Gasteiger partial charge on any atom is -0.298 e. The third kappa shape index (κ3) is 2.50. The van der Waals surface area contributed by atoms with Gasteiger partial charge in [-0.05, 0) is 32.1 Å². The van der Waals surface area contributed by atoms with Crippen LogP contribution in [0.25, 0.3) is 0 Å². The molecular weight excluding hydrogens is 220 g/mol. The molecule has 88 valence electrons. The summed E-state index contributed by atoms with van der Waals surface area (Å²) in [5.41, 5.74) is 0. The van der Waals surface area contributed by atoms with Gasteiger partial charge in [0.05, 0.1) is 6.04 Å². The Hall–Kier alpha value is -0.730. The summed E-state index contributed by atoms with van der Waals surface area (Å²) < 4.78 is 0. The Kier molecular flexibility index (Phi) is 4.08. The Balaban J connectivity index is 2.02. The van der Waals surface area contributed by atoms with Crippen LogP contribution in [-0.4, -0.2) is 41.5 Å². The van der Waals surface area contributed by atoms with Gasteiger partial charge in [-0.3, -0.25) is 15.2 Å². The first-order valence-electron chi connectivity index (χ1n) is 5.86. The lowest BCUT2D eigenvalue weighted by molar-refractivity contribution is 0.190. The van der Waals surface area contributed by atoms with Crippen molar-refractivity contribution in [1.82, 2.24) is 10.2 Å². The number of piperidine rings is 1. The first kappa shape index (κ1) is 11.7. The maximum Gasteiger partial charge on any atom is 0.183 e. The number of fused-ring (bicyclic) bond motifs is 1. The molecule has 0 aromatic rings. The Morgan fingerprint density at radius 2 is 2.31 bits per heavy atom. The van der Waals surface area contributed by atoms with Crippen LogP contribution >= 0.6 is 11.8 Å². The Morgan fingerprint density at radius 3 is 3.06 bits per heavy atom. The van der Waals surface area contributed by atoms with Crippen molar-refractivity contribution in [3.8, 4) is 6.19 Å². The number of nitriles is 1. The summed E-state index contributed by atoms with van der Waals surface area (Å²) in [4.78, 5) is 7.23. The van der Waals surface area contributed by atoms with Crippen molar-refractivity contribution in [1.29, 1.82) is 5.26 Å². The van der Waals surface area contributed by atoms with E-state index in [0.717, 1.165) is 11.6 Å². The van der Waals surface area contributed by atoms with Crippen LogP contribution in [0.4, 0.5) is 0 Å². The van der Waals surface area contributed by atoms with Crippen molar-refractivity contribution in [2.45, 2.75) is 37.8 Å². The molecule has 0 saturated carbocycles. The van der Waals surface area contributed by atoms with E-state index in [-0.39, 0.29) is 0 Å². The van der Waals surface area contributed by atoms with Crippen LogP contribution in [0, 0.1) is 11.5 Å². The molecule has 1 N–H and O–H groups in total. The lowest BCUT2D eigenvalue weighted by Gasteiger charge is -2.31. The highest BCUT2D eigenvalue weighted by Crippen LogP contribution is 2.29. The Labute approximate surface area is 101 Å². The van der Waals surface area contributed by atoms with Gasteiger partial charge in [-0.2, -0.15) is 5.26 Å². The van der Waals surface area contributed by atoms with Gasteiger partial charge in [0.1, 0.15) is 0 Å². The van der Waals surface area contributed by atoms with E-state index in [0.29, 0.717) is 12.1 Å². The van der Waals surface area contributed by atoms with Crippen molar-refractivity contribution < 1.29 is 0 Å². The molecule has 4 nitrogen and oxygen atoms in total. The normalized spacial score (nSPS) is 30.9. The first-order valence-corrected chi connectivity index (χ1v) is 7.08. The van der Waals surface area contributed by atoms with Crippen molar-refractivity contribution >= 4 is 16.9 Å². The molecule has 0 aliphatic carbocycles. The van der Waals surface area contributed by atoms with Gasteiger partial charge in [0.25, 0.3) is 0 Å². The number of thioether (sulfide) groups is 1. The van der Waals surface area contributed by atoms with E-state index in [1.807, 2.05) is 12.4 Å². The summed E-state index contributed by atoms with van der Waals surface area (Å²) in [6.45, 7) is 2.41. The molecule has 0 bridgehead atoms. The molecule has 2 atom stereocenters. The third-order valence-electron chi connectivity index (χ3n) is 3.46. The van der Waals surface area contributed by atoms with E-state index in [4.69, 9.17) is 5.26 Å². The summed E-state index contributed by atoms with van der Waals surface area (Å²) in [6.07, 6.45) is 8.97. The summed E-state index contributed by atoms with van der Waals surface area (Å²) in [5, 5.41) is 12.0. The van der Waals surface area contributed by atoms with Gasteiger partial charge in [0.2, 0.25) is 0 Å². The van der Waals surface area contributed by atoms with Gasteiger partial charge < -0.3 is 0 Å². The van der Waals surface area contributed by atoms with E-state index >= 15 is 0 Å². The number of nitrogens with zero attached hydrogens (tertiary/aromatic N) is 3. The molecule has 0 aromatic carbocycles. The smallest absolute Gasteiger partial charge is 0.183 e. The number of rotatable bonds is 1. The van der Waals surface area contributed by atoms with Gasteiger partial charge >= 0.3 is 0 Å². The first-order chi connectivity index (χ1) is 7.85. The largest absolute Gasteiger partial charge is 0.298 e. The fourth-order valence-corrected chi connectivity index (χ4v) is 3.09. The van der Waals surface area contributed by atoms with E-state index in [2.05, 4.69) is 15.2 Å². The molecule has 2 aliphatic heterocycles. The zero-order valence-corrected chi connectivity index (χ0v) is 10.5. The maximum absolute atomic E-state index is 8.61. The highest BCUT2D eigenvalue weighted by Gasteiger charge is 2.35. The second-order valence-electron chi connectivity index (χ2n) is 4.33. The lowest BCUT2D eigenvalue weighted by atomic mass is 10.00. The predicted octanol–water partition coefficient (Wildman–Crippen LogP) is 1.40. The highest BCUT2D eigenvalue weighted by atomic mass is 32.2. The molecule has 0 spiro atoms. The number of aliphatic imine (C=N–C) groups is 1. The standard InChI is InChI=1S/C11H18N4S/c1-16-11(13-8-12)14-9-5-7-15-6-3-2-4-10(9)15/h9-10H,2-7H2,1H3,(H,13,14). The molecule has 2 saturated heterocycles. The van der Waals surface area contributed by atoms with Crippen LogP contribution in [0.15, 0.2) is 4.99 Å².